The monoisotopic (exact) mass is 387 g/mol. The fourth-order valence-electron chi connectivity index (χ4n) is 2.18. The minimum Gasteiger partial charge on any atom is -0.398 e. The van der Waals surface area contributed by atoms with Crippen LogP contribution in [-0.4, -0.2) is 17.3 Å². The van der Waals surface area contributed by atoms with Crippen LogP contribution in [0.25, 0.3) is 11.5 Å². The van der Waals surface area contributed by atoms with E-state index in [9.17, 15) is 0 Å². The zero-order valence-corrected chi connectivity index (χ0v) is 14.0. The van der Waals surface area contributed by atoms with E-state index in [-0.39, 0.29) is 0 Å². The van der Waals surface area contributed by atoms with Gasteiger partial charge in [0.2, 0.25) is 5.82 Å². The van der Waals surface area contributed by atoms with Gasteiger partial charge in [0.15, 0.2) is 0 Å². The van der Waals surface area contributed by atoms with Gasteiger partial charge in [0.05, 0.1) is 5.56 Å². The molecule has 0 bridgehead atoms. The number of nitrogen functional groups attached to an aromatic ring is 1. The molecule has 0 atom stereocenters. The lowest BCUT2D eigenvalue weighted by molar-refractivity contribution is -0.0306. The van der Waals surface area contributed by atoms with Crippen molar-refractivity contribution in [3.8, 4) is 11.5 Å². The van der Waals surface area contributed by atoms with Gasteiger partial charge in [0, 0.05) is 16.4 Å². The molecule has 0 aliphatic heterocycles. The first kappa shape index (κ1) is 15.2. The Morgan fingerprint density at radius 2 is 2.05 bits per heavy atom. The third kappa shape index (κ3) is 2.67. The molecule has 0 aliphatic rings. The zero-order chi connectivity index (χ0) is 14.8. The average Bonchev–Trinajstić information content (AvgIpc) is 2.94. The summed E-state index contributed by atoms with van der Waals surface area (Å²) in [5.74, 6) is 0.998. The van der Waals surface area contributed by atoms with Crippen LogP contribution in [0.15, 0.2) is 22.7 Å². The number of hydrogen-bond acceptors (Lipinski definition) is 5. The van der Waals surface area contributed by atoms with Gasteiger partial charge in [-0.1, -0.05) is 19.0 Å². The number of nitrogens with two attached hydrogens (primary N) is 1. The first-order chi connectivity index (χ1) is 9.56. The predicted molar refractivity (Wildman–Crippen MR) is 86.1 cm³/mol. The maximum absolute atomic E-state index is 5.97. The maximum atomic E-state index is 5.97. The Hall–Kier alpha value is -1.15. The highest BCUT2D eigenvalue weighted by atomic mass is 127. The molecule has 2 N–H and O–H groups in total. The van der Waals surface area contributed by atoms with E-state index in [1.54, 1.807) is 7.11 Å². The molecule has 2 rings (SSSR count). The molecule has 108 valence electrons. The SMILES string of the molecule is CCC(CC)(OC)c1noc(-c2cc(I)ccc2N)n1. The third-order valence-corrected chi connectivity index (χ3v) is 4.28. The molecule has 0 fully saturated rings. The number of ether oxygens (including phenoxy) is 1. The van der Waals surface area contributed by atoms with Gasteiger partial charge < -0.3 is 15.0 Å². The maximum Gasteiger partial charge on any atom is 0.260 e. The Kier molecular flexibility index (Phi) is 4.64. The minimum absolute atomic E-state index is 0.430. The van der Waals surface area contributed by atoms with Gasteiger partial charge in [-0.25, -0.2) is 0 Å². The number of anilines is 1. The zero-order valence-electron chi connectivity index (χ0n) is 11.8. The number of nitrogens with zero attached hydrogens (tertiary/aromatic N) is 2. The van der Waals surface area contributed by atoms with Crippen molar-refractivity contribution in [2.24, 2.45) is 0 Å². The van der Waals surface area contributed by atoms with Crippen molar-refractivity contribution >= 4 is 28.3 Å². The molecule has 2 aromatic rings. The molecule has 1 heterocycles. The van der Waals surface area contributed by atoms with Crippen molar-refractivity contribution in [3.05, 3.63) is 27.6 Å². The summed E-state index contributed by atoms with van der Waals surface area (Å²) >= 11 is 2.22. The minimum atomic E-state index is -0.502. The molecule has 20 heavy (non-hydrogen) atoms. The fraction of sp³-hybridized carbons (Fsp3) is 0.429. The second-order valence-corrected chi connectivity index (χ2v) is 5.81. The molecule has 0 saturated heterocycles. The van der Waals surface area contributed by atoms with Crippen molar-refractivity contribution < 1.29 is 9.26 Å². The quantitative estimate of drug-likeness (QED) is 0.627. The van der Waals surface area contributed by atoms with Crippen molar-refractivity contribution in [1.29, 1.82) is 0 Å². The van der Waals surface area contributed by atoms with Crippen LogP contribution in [0.3, 0.4) is 0 Å². The van der Waals surface area contributed by atoms with Crippen LogP contribution in [0.4, 0.5) is 5.69 Å². The van der Waals surface area contributed by atoms with E-state index in [1.807, 2.05) is 32.0 Å². The molecule has 0 amide bonds. The summed E-state index contributed by atoms with van der Waals surface area (Å²) in [5, 5.41) is 4.08. The number of halogens is 1. The largest absolute Gasteiger partial charge is 0.398 e. The van der Waals surface area contributed by atoms with E-state index in [0.29, 0.717) is 17.4 Å². The lowest BCUT2D eigenvalue weighted by atomic mass is 9.96. The van der Waals surface area contributed by atoms with E-state index in [4.69, 9.17) is 15.0 Å². The van der Waals surface area contributed by atoms with Gasteiger partial charge in [-0.05, 0) is 53.6 Å². The second kappa shape index (κ2) is 6.09. The molecule has 5 nitrogen and oxygen atoms in total. The summed E-state index contributed by atoms with van der Waals surface area (Å²) in [7, 11) is 1.67. The molecule has 0 radical (unpaired) electrons. The van der Waals surface area contributed by atoms with Crippen molar-refractivity contribution in [3.63, 3.8) is 0 Å². The number of hydrogen-bond donors (Lipinski definition) is 1. The second-order valence-electron chi connectivity index (χ2n) is 4.56. The summed E-state index contributed by atoms with van der Waals surface area (Å²) in [6.07, 6.45) is 1.56. The van der Waals surface area contributed by atoms with Gasteiger partial charge >= 0.3 is 0 Å². The van der Waals surface area contributed by atoms with E-state index >= 15 is 0 Å². The van der Waals surface area contributed by atoms with Gasteiger partial charge in [-0.3, -0.25) is 0 Å². The van der Waals surface area contributed by atoms with Crippen LogP contribution in [-0.2, 0) is 10.3 Å². The first-order valence-corrected chi connectivity index (χ1v) is 7.59. The predicted octanol–water partition coefficient (Wildman–Crippen LogP) is 3.59. The smallest absolute Gasteiger partial charge is 0.260 e. The molecule has 0 spiro atoms. The summed E-state index contributed by atoms with van der Waals surface area (Å²) in [6.45, 7) is 4.09. The van der Waals surface area contributed by atoms with Crippen LogP contribution in [0.1, 0.15) is 32.5 Å². The number of aromatic nitrogens is 2. The summed E-state index contributed by atoms with van der Waals surface area (Å²) < 4.78 is 12.0. The van der Waals surface area contributed by atoms with Crippen molar-refractivity contribution in [2.45, 2.75) is 32.3 Å². The Morgan fingerprint density at radius 3 is 2.65 bits per heavy atom. The lowest BCUT2D eigenvalue weighted by Crippen LogP contribution is -2.28. The fourth-order valence-corrected chi connectivity index (χ4v) is 2.67. The Labute approximate surface area is 132 Å². The highest BCUT2D eigenvalue weighted by Gasteiger charge is 2.34. The Balaban J connectivity index is 2.45. The Bertz CT molecular complexity index is 586. The van der Waals surface area contributed by atoms with Crippen LogP contribution in [0, 0.1) is 3.57 Å². The molecular formula is C14H18IN3O2. The average molecular weight is 387 g/mol. The van der Waals surface area contributed by atoms with Crippen LogP contribution < -0.4 is 5.73 Å². The van der Waals surface area contributed by atoms with E-state index in [1.165, 1.54) is 0 Å². The highest BCUT2D eigenvalue weighted by Crippen LogP contribution is 2.33. The molecule has 0 aliphatic carbocycles. The summed E-state index contributed by atoms with van der Waals surface area (Å²) in [6, 6.07) is 5.71. The third-order valence-electron chi connectivity index (χ3n) is 3.61. The van der Waals surface area contributed by atoms with Gasteiger partial charge in [0.1, 0.15) is 5.60 Å². The van der Waals surface area contributed by atoms with Crippen LogP contribution >= 0.6 is 22.6 Å². The molecule has 0 saturated carbocycles. The normalized spacial score (nSPS) is 11.8. The van der Waals surface area contributed by atoms with Crippen molar-refractivity contribution in [1.82, 2.24) is 10.1 Å². The Morgan fingerprint density at radius 1 is 1.35 bits per heavy atom. The molecule has 6 heteroatoms. The van der Waals surface area contributed by atoms with E-state index < -0.39 is 5.60 Å². The van der Waals surface area contributed by atoms with Gasteiger partial charge in [0.25, 0.3) is 5.89 Å². The topological polar surface area (TPSA) is 74.2 Å². The van der Waals surface area contributed by atoms with Gasteiger partial charge in [-0.15, -0.1) is 0 Å². The molecule has 0 unspecified atom stereocenters. The number of benzene rings is 1. The molecular weight excluding hydrogens is 369 g/mol. The summed E-state index contributed by atoms with van der Waals surface area (Å²) in [5.41, 5.74) is 6.85. The summed E-state index contributed by atoms with van der Waals surface area (Å²) in [4.78, 5) is 4.48. The number of rotatable bonds is 5. The van der Waals surface area contributed by atoms with Gasteiger partial charge in [-0.2, -0.15) is 4.98 Å². The lowest BCUT2D eigenvalue weighted by Gasteiger charge is -2.25. The van der Waals surface area contributed by atoms with E-state index in [0.717, 1.165) is 22.0 Å². The molecule has 1 aromatic heterocycles. The molecule has 1 aromatic carbocycles. The number of methoxy groups -OCH3 is 1. The van der Waals surface area contributed by atoms with Crippen LogP contribution in [0.2, 0.25) is 0 Å². The standard InChI is InChI=1S/C14H18IN3O2/c1-4-14(5-2,19-3)13-17-12(20-18-13)10-8-9(15)6-7-11(10)16/h6-8H,4-5,16H2,1-3H3. The first-order valence-electron chi connectivity index (χ1n) is 6.51. The van der Waals surface area contributed by atoms with E-state index in [2.05, 4.69) is 32.7 Å². The van der Waals surface area contributed by atoms with Crippen molar-refractivity contribution in [2.75, 3.05) is 12.8 Å². The highest BCUT2D eigenvalue weighted by molar-refractivity contribution is 14.1. The van der Waals surface area contributed by atoms with Crippen LogP contribution in [0.5, 0.6) is 0 Å².